The maximum Gasteiger partial charge on any atom is 0.435 e. The van der Waals surface area contributed by atoms with Gasteiger partial charge in [-0.15, -0.1) is 0 Å². The van der Waals surface area contributed by atoms with Crippen molar-refractivity contribution in [2.45, 2.75) is 38.7 Å². The van der Waals surface area contributed by atoms with Gasteiger partial charge in [0.25, 0.3) is 0 Å². The molecule has 44 heavy (non-hydrogen) atoms. The Morgan fingerprint density at radius 2 is 1.45 bits per heavy atom. The van der Waals surface area contributed by atoms with E-state index >= 15 is 0 Å². The molecule has 1 unspecified atom stereocenters. The number of hydrogen-bond donors (Lipinski definition) is 0. The minimum Gasteiger partial charge on any atom is -0.464 e. The molecule has 0 saturated heterocycles. The maximum absolute atomic E-state index is 12.9. The molecule has 2 heterocycles. The van der Waals surface area contributed by atoms with Crippen molar-refractivity contribution in [1.82, 2.24) is 9.78 Å². The van der Waals surface area contributed by atoms with Crippen LogP contribution in [0.5, 0.6) is 0 Å². The Morgan fingerprint density at radius 3 is 1.98 bits per heavy atom. The molecule has 1 aliphatic heterocycles. The van der Waals surface area contributed by atoms with Crippen molar-refractivity contribution < 1.29 is 45.4 Å². The van der Waals surface area contributed by atoms with E-state index in [1.54, 1.807) is 13.8 Å². The molecule has 2 aromatic carbocycles. The quantitative estimate of drug-likeness (QED) is 0.259. The molecule has 0 radical (unpaired) electrons. The first-order valence-electron chi connectivity index (χ1n) is 12.7. The maximum atomic E-state index is 12.9. The topological polar surface area (TPSA) is 134 Å². The number of alkyl halides is 6. The fraction of sp³-hybridized carbons (Fsp3) is 0.286. The third kappa shape index (κ3) is 7.91. The lowest BCUT2D eigenvalue weighted by molar-refractivity contribution is -0.144. The lowest BCUT2D eigenvalue weighted by atomic mass is 10.1. The van der Waals surface area contributed by atoms with Crippen LogP contribution in [0.1, 0.15) is 47.6 Å². The zero-order chi connectivity index (χ0) is 32.7. The highest BCUT2D eigenvalue weighted by Gasteiger charge is 2.46. The minimum absolute atomic E-state index is 0.0175. The summed E-state index contributed by atoms with van der Waals surface area (Å²) in [6, 6.07) is 14.8. The van der Waals surface area contributed by atoms with Crippen LogP contribution in [0.2, 0.25) is 0 Å². The number of benzene rings is 2. The number of rotatable bonds is 6. The molecule has 10 nitrogen and oxygen atoms in total. The van der Waals surface area contributed by atoms with Crippen molar-refractivity contribution in [2.24, 2.45) is 5.10 Å². The van der Waals surface area contributed by atoms with Crippen molar-refractivity contribution in [3.63, 3.8) is 0 Å². The van der Waals surface area contributed by atoms with Gasteiger partial charge in [0.15, 0.2) is 17.4 Å². The fourth-order valence-electron chi connectivity index (χ4n) is 3.83. The summed E-state index contributed by atoms with van der Waals surface area (Å²) in [7, 11) is 0. The summed E-state index contributed by atoms with van der Waals surface area (Å²) in [5, 5.41) is 25.6. The normalized spacial score (nSPS) is 14.5. The number of carbonyl (C=O) groups is 2. The number of halogens is 6. The average molecular weight is 621 g/mol. The molecule has 1 aromatic heterocycles. The van der Waals surface area contributed by atoms with E-state index in [1.165, 1.54) is 48.5 Å². The predicted octanol–water partition coefficient (Wildman–Crippen LogP) is 5.56. The van der Waals surface area contributed by atoms with Gasteiger partial charge < -0.3 is 9.47 Å². The summed E-state index contributed by atoms with van der Waals surface area (Å²) in [4.78, 5) is 23.7. The molecule has 0 spiro atoms. The Morgan fingerprint density at radius 1 is 0.886 bits per heavy atom. The van der Waals surface area contributed by atoms with E-state index < -0.39 is 48.2 Å². The smallest absolute Gasteiger partial charge is 0.435 e. The molecule has 16 heteroatoms. The van der Waals surface area contributed by atoms with Crippen LogP contribution in [0.15, 0.2) is 59.7 Å². The van der Waals surface area contributed by atoms with E-state index in [0.29, 0.717) is 6.07 Å². The van der Waals surface area contributed by atoms with E-state index in [1.807, 2.05) is 12.1 Å². The van der Waals surface area contributed by atoms with E-state index in [-0.39, 0.29) is 41.4 Å². The predicted molar refractivity (Wildman–Crippen MR) is 141 cm³/mol. The average Bonchev–Trinajstić information content (AvgIpc) is 3.64. The molecular formula is C28H22F6N6O4. The Hall–Kier alpha value is -5.38. The number of carbonyl (C=O) groups excluding carboxylic acids is 2. The lowest BCUT2D eigenvalue weighted by Crippen LogP contribution is -2.36. The zero-order valence-corrected chi connectivity index (χ0v) is 23.0. The molecular weight excluding hydrogens is 598 g/mol. The molecule has 1 atom stereocenters. The van der Waals surface area contributed by atoms with Crippen molar-refractivity contribution >= 4 is 23.3 Å². The third-order valence-electron chi connectivity index (χ3n) is 5.74. The summed E-state index contributed by atoms with van der Waals surface area (Å²) in [5.41, 5.74) is -1.73. The summed E-state index contributed by atoms with van der Waals surface area (Å²) in [5.74, 6) is -1.71. The summed E-state index contributed by atoms with van der Waals surface area (Å²) in [6.07, 6.45) is -9.90. The van der Waals surface area contributed by atoms with Crippen LogP contribution in [0.3, 0.4) is 0 Å². The second kappa shape index (κ2) is 13.7. The first-order chi connectivity index (χ1) is 20.7. The van der Waals surface area contributed by atoms with Crippen molar-refractivity contribution in [3.8, 4) is 17.8 Å². The standard InChI is InChI=1S/C14H12F3N3O2.C14H10F3N3O2/c2*1-2-22-13(21)11-7-12(14(15,16)17)19-20(11)10-5-3-4-9(6-10)8-18/h3-6,11H,2,7H2,1H3;3-7H,2H2,1H3. The molecule has 0 amide bonds. The van der Waals surface area contributed by atoms with Crippen LogP contribution in [0, 0.1) is 22.7 Å². The Labute approximate surface area is 246 Å². The number of anilines is 1. The summed E-state index contributed by atoms with van der Waals surface area (Å²) >= 11 is 0. The number of esters is 2. The highest BCUT2D eigenvalue weighted by molar-refractivity contribution is 5.99. The minimum atomic E-state index is -4.70. The summed E-state index contributed by atoms with van der Waals surface area (Å²) < 4.78 is 87.4. The van der Waals surface area contributed by atoms with Gasteiger partial charge in [-0.2, -0.15) is 47.1 Å². The van der Waals surface area contributed by atoms with Crippen LogP contribution in [-0.4, -0.2) is 52.9 Å². The van der Waals surface area contributed by atoms with Crippen LogP contribution < -0.4 is 5.01 Å². The highest BCUT2D eigenvalue weighted by Crippen LogP contribution is 2.32. The zero-order valence-electron chi connectivity index (χ0n) is 23.0. The van der Waals surface area contributed by atoms with Gasteiger partial charge in [0, 0.05) is 12.5 Å². The van der Waals surface area contributed by atoms with E-state index in [2.05, 4.69) is 10.2 Å². The van der Waals surface area contributed by atoms with E-state index in [0.717, 1.165) is 9.69 Å². The van der Waals surface area contributed by atoms with Gasteiger partial charge in [-0.05, 0) is 50.2 Å². The van der Waals surface area contributed by atoms with Crippen LogP contribution in [-0.2, 0) is 20.4 Å². The molecule has 3 aromatic rings. The molecule has 230 valence electrons. The molecule has 0 bridgehead atoms. The number of aromatic nitrogens is 2. The van der Waals surface area contributed by atoms with E-state index in [4.69, 9.17) is 20.0 Å². The molecule has 0 saturated carbocycles. The Balaban J connectivity index is 0.000000240. The molecule has 4 rings (SSSR count). The highest BCUT2D eigenvalue weighted by atomic mass is 19.4. The number of nitrogens with zero attached hydrogens (tertiary/aromatic N) is 6. The molecule has 0 N–H and O–H groups in total. The lowest BCUT2D eigenvalue weighted by Gasteiger charge is -2.21. The molecule has 1 aliphatic rings. The van der Waals surface area contributed by atoms with Gasteiger partial charge in [0.2, 0.25) is 0 Å². The van der Waals surface area contributed by atoms with Gasteiger partial charge >= 0.3 is 24.3 Å². The number of hydrazone groups is 1. The van der Waals surface area contributed by atoms with Gasteiger partial charge in [0.05, 0.1) is 47.9 Å². The third-order valence-corrected chi connectivity index (χ3v) is 5.74. The number of nitriles is 2. The summed E-state index contributed by atoms with van der Waals surface area (Å²) in [6.45, 7) is 3.19. The van der Waals surface area contributed by atoms with Crippen molar-refractivity contribution in [3.05, 3.63) is 77.1 Å². The van der Waals surface area contributed by atoms with Gasteiger partial charge in [0.1, 0.15) is 5.71 Å². The second-order valence-corrected chi connectivity index (χ2v) is 8.73. The Bertz CT molecular complexity index is 1630. The van der Waals surface area contributed by atoms with Crippen molar-refractivity contribution in [2.75, 3.05) is 18.2 Å². The first-order valence-corrected chi connectivity index (χ1v) is 12.7. The van der Waals surface area contributed by atoms with Crippen LogP contribution in [0.25, 0.3) is 5.69 Å². The number of ether oxygens (including phenoxy) is 2. The second-order valence-electron chi connectivity index (χ2n) is 8.73. The number of hydrogen-bond acceptors (Lipinski definition) is 9. The van der Waals surface area contributed by atoms with Crippen molar-refractivity contribution in [1.29, 1.82) is 10.5 Å². The van der Waals surface area contributed by atoms with Gasteiger partial charge in [-0.25, -0.2) is 14.3 Å². The monoisotopic (exact) mass is 620 g/mol. The molecule has 0 aliphatic carbocycles. The Kier molecular flexibility index (Phi) is 10.3. The fourth-order valence-corrected chi connectivity index (χ4v) is 3.83. The van der Waals surface area contributed by atoms with Crippen LogP contribution >= 0.6 is 0 Å². The molecule has 0 fully saturated rings. The van der Waals surface area contributed by atoms with E-state index in [9.17, 15) is 35.9 Å². The SMILES string of the molecule is CCOC(=O)C1CC(C(F)(F)F)=NN1c1cccc(C#N)c1.CCOC(=O)c1cc(C(F)(F)F)nn1-c1cccc(C#N)c1. The van der Waals surface area contributed by atoms with Crippen LogP contribution in [0.4, 0.5) is 32.0 Å². The van der Waals surface area contributed by atoms with Gasteiger partial charge in [-0.3, -0.25) is 5.01 Å². The van der Waals surface area contributed by atoms with Gasteiger partial charge in [-0.1, -0.05) is 12.1 Å². The largest absolute Gasteiger partial charge is 0.464 e. The first kappa shape index (κ1) is 33.1.